The van der Waals surface area contributed by atoms with Crippen LogP contribution in [0.2, 0.25) is 0 Å². The van der Waals surface area contributed by atoms with E-state index in [-0.39, 0.29) is 11.8 Å². The average molecular weight is 419 g/mol. The van der Waals surface area contributed by atoms with Crippen molar-refractivity contribution in [3.05, 3.63) is 34.9 Å². The summed E-state index contributed by atoms with van der Waals surface area (Å²) in [6.45, 7) is 9.76. The lowest BCUT2D eigenvalue weighted by molar-refractivity contribution is -0.141. The van der Waals surface area contributed by atoms with E-state index in [1.165, 1.54) is 44.9 Å². The van der Waals surface area contributed by atoms with E-state index in [4.69, 9.17) is 0 Å². The highest BCUT2D eigenvalue weighted by Crippen LogP contribution is 2.36. The molecule has 0 heterocycles. The van der Waals surface area contributed by atoms with Gasteiger partial charge >= 0.3 is 11.9 Å². The Morgan fingerprint density at radius 3 is 1.67 bits per heavy atom. The van der Waals surface area contributed by atoms with Crippen LogP contribution in [-0.2, 0) is 16.0 Å². The molecule has 170 valence electrons. The van der Waals surface area contributed by atoms with Crippen LogP contribution in [0.5, 0.6) is 0 Å². The monoisotopic (exact) mass is 418 g/mol. The van der Waals surface area contributed by atoms with Crippen molar-refractivity contribution in [2.75, 3.05) is 0 Å². The highest BCUT2D eigenvalue weighted by Gasteiger charge is 2.32. The Bertz CT molecular complexity index is 663. The van der Waals surface area contributed by atoms with Gasteiger partial charge in [-0.2, -0.15) is 0 Å². The second-order valence-electron chi connectivity index (χ2n) is 9.31. The molecule has 30 heavy (non-hydrogen) atoms. The van der Waals surface area contributed by atoms with Crippen molar-refractivity contribution in [1.82, 2.24) is 0 Å². The van der Waals surface area contributed by atoms with Crippen LogP contribution in [0.4, 0.5) is 0 Å². The van der Waals surface area contributed by atoms with Gasteiger partial charge in [-0.1, -0.05) is 97.8 Å². The Hall–Kier alpha value is -1.84. The highest BCUT2D eigenvalue weighted by atomic mass is 16.4. The van der Waals surface area contributed by atoms with Crippen LogP contribution < -0.4 is 0 Å². The normalized spacial score (nSPS) is 13.6. The summed E-state index contributed by atoms with van der Waals surface area (Å²) in [6.07, 6.45) is 10.9. The topological polar surface area (TPSA) is 74.6 Å². The molecule has 1 rings (SSSR count). The molecule has 1 aromatic carbocycles. The SMILES string of the molecule is CCCCCCCCCCc1ccc(C(C(=O)O)C(C)C)c(C(C(=O)O)C(C)C)c1. The number of aliphatic carboxylic acids is 2. The summed E-state index contributed by atoms with van der Waals surface area (Å²) in [6, 6.07) is 5.83. The average Bonchev–Trinajstić information content (AvgIpc) is 2.64. The maximum Gasteiger partial charge on any atom is 0.311 e. The van der Waals surface area contributed by atoms with E-state index >= 15 is 0 Å². The van der Waals surface area contributed by atoms with Crippen LogP contribution >= 0.6 is 0 Å². The Balaban J connectivity index is 2.98. The van der Waals surface area contributed by atoms with E-state index in [0.29, 0.717) is 11.1 Å². The van der Waals surface area contributed by atoms with Crippen molar-refractivity contribution < 1.29 is 19.8 Å². The number of hydrogen-bond acceptors (Lipinski definition) is 2. The van der Waals surface area contributed by atoms with Crippen molar-refractivity contribution >= 4 is 11.9 Å². The summed E-state index contributed by atoms with van der Waals surface area (Å²) < 4.78 is 0. The van der Waals surface area contributed by atoms with Gasteiger partial charge in [0.1, 0.15) is 0 Å². The Labute approximate surface area is 183 Å². The van der Waals surface area contributed by atoms with Crippen molar-refractivity contribution in [1.29, 1.82) is 0 Å². The maximum atomic E-state index is 12.0. The molecule has 2 unspecified atom stereocenters. The smallest absolute Gasteiger partial charge is 0.311 e. The van der Waals surface area contributed by atoms with Crippen molar-refractivity contribution in [3.8, 4) is 0 Å². The first-order chi connectivity index (χ1) is 14.2. The first-order valence-electron chi connectivity index (χ1n) is 11.8. The molecule has 2 atom stereocenters. The maximum absolute atomic E-state index is 12.0. The molecule has 0 bridgehead atoms. The molecule has 4 nitrogen and oxygen atoms in total. The molecule has 0 aliphatic carbocycles. The highest BCUT2D eigenvalue weighted by molar-refractivity contribution is 5.81. The van der Waals surface area contributed by atoms with E-state index in [0.717, 1.165) is 18.4 Å². The molecular formula is C26H42O4. The first-order valence-corrected chi connectivity index (χ1v) is 11.8. The van der Waals surface area contributed by atoms with Crippen LogP contribution in [0.15, 0.2) is 18.2 Å². The third-order valence-electron chi connectivity index (χ3n) is 6.01. The molecule has 0 saturated heterocycles. The van der Waals surface area contributed by atoms with Crippen molar-refractivity contribution in [3.63, 3.8) is 0 Å². The fourth-order valence-corrected chi connectivity index (χ4v) is 4.35. The van der Waals surface area contributed by atoms with Gasteiger partial charge in [-0.15, -0.1) is 0 Å². The Morgan fingerprint density at radius 2 is 1.20 bits per heavy atom. The minimum atomic E-state index is -0.894. The molecule has 1 aromatic rings. The number of benzene rings is 1. The van der Waals surface area contributed by atoms with Crippen LogP contribution in [0.25, 0.3) is 0 Å². The van der Waals surface area contributed by atoms with E-state index in [9.17, 15) is 19.8 Å². The summed E-state index contributed by atoms with van der Waals surface area (Å²) in [4.78, 5) is 24.0. The number of hydrogen-bond donors (Lipinski definition) is 2. The lowest BCUT2D eigenvalue weighted by atomic mass is 9.78. The van der Waals surface area contributed by atoms with Gasteiger partial charge < -0.3 is 10.2 Å². The predicted octanol–water partition coefficient (Wildman–Crippen LogP) is 7.02. The fourth-order valence-electron chi connectivity index (χ4n) is 4.35. The quantitative estimate of drug-likeness (QED) is 0.300. The standard InChI is InChI=1S/C26H42O4/c1-6-7-8-9-10-11-12-13-14-20-15-16-21(23(18(2)3)25(27)28)22(17-20)24(19(4)5)26(29)30/h15-19,23-24H,6-14H2,1-5H3,(H,27,28)(H,29,30). The molecular weight excluding hydrogens is 376 g/mol. The van der Waals surface area contributed by atoms with Gasteiger partial charge in [-0.3, -0.25) is 9.59 Å². The second-order valence-corrected chi connectivity index (χ2v) is 9.31. The molecule has 0 spiro atoms. The lowest BCUT2D eigenvalue weighted by Gasteiger charge is -2.26. The van der Waals surface area contributed by atoms with Gasteiger partial charge in [0.25, 0.3) is 0 Å². The van der Waals surface area contributed by atoms with Gasteiger partial charge in [0.2, 0.25) is 0 Å². The second kappa shape index (κ2) is 13.5. The summed E-state index contributed by atoms with van der Waals surface area (Å²) in [5.74, 6) is -3.39. The summed E-state index contributed by atoms with van der Waals surface area (Å²) in [5, 5.41) is 19.6. The largest absolute Gasteiger partial charge is 0.481 e. The zero-order valence-electron chi connectivity index (χ0n) is 19.6. The van der Waals surface area contributed by atoms with Crippen molar-refractivity contribution in [2.24, 2.45) is 11.8 Å². The minimum Gasteiger partial charge on any atom is -0.481 e. The molecule has 0 aliphatic rings. The van der Waals surface area contributed by atoms with Crippen LogP contribution in [-0.4, -0.2) is 22.2 Å². The molecule has 0 fully saturated rings. The number of carbonyl (C=O) groups is 2. The number of carboxylic acid groups (broad SMARTS) is 2. The van der Waals surface area contributed by atoms with Gasteiger partial charge in [0.15, 0.2) is 0 Å². The number of carboxylic acids is 2. The fraction of sp³-hybridized carbons (Fsp3) is 0.692. The molecule has 0 amide bonds. The molecule has 4 heteroatoms. The minimum absolute atomic E-state index is 0.110. The number of rotatable bonds is 15. The van der Waals surface area contributed by atoms with Gasteiger partial charge in [0, 0.05) is 0 Å². The predicted molar refractivity (Wildman–Crippen MR) is 123 cm³/mol. The third-order valence-corrected chi connectivity index (χ3v) is 6.01. The summed E-state index contributed by atoms with van der Waals surface area (Å²) >= 11 is 0. The van der Waals surface area contributed by atoms with Crippen LogP contribution in [0.1, 0.15) is 115 Å². The Kier molecular flexibility index (Phi) is 11.8. The number of aryl methyl sites for hydroxylation is 1. The van der Waals surface area contributed by atoms with E-state index in [1.807, 2.05) is 45.9 Å². The molecule has 0 aliphatic heterocycles. The van der Waals surface area contributed by atoms with Gasteiger partial charge in [0.05, 0.1) is 11.8 Å². The Morgan fingerprint density at radius 1 is 0.733 bits per heavy atom. The molecule has 0 saturated carbocycles. The summed E-state index contributed by atoms with van der Waals surface area (Å²) in [5.41, 5.74) is 2.44. The van der Waals surface area contributed by atoms with E-state index in [1.54, 1.807) is 0 Å². The molecule has 0 radical (unpaired) electrons. The zero-order chi connectivity index (χ0) is 22.7. The van der Waals surface area contributed by atoms with Gasteiger partial charge in [-0.05, 0) is 41.4 Å². The molecule has 0 aromatic heterocycles. The van der Waals surface area contributed by atoms with Crippen molar-refractivity contribution in [2.45, 2.75) is 104 Å². The van der Waals surface area contributed by atoms with Crippen LogP contribution in [0.3, 0.4) is 0 Å². The van der Waals surface area contributed by atoms with E-state index in [2.05, 4.69) is 6.92 Å². The first kappa shape index (κ1) is 26.2. The lowest BCUT2D eigenvalue weighted by Crippen LogP contribution is -2.24. The molecule has 2 N–H and O–H groups in total. The zero-order valence-corrected chi connectivity index (χ0v) is 19.6. The third kappa shape index (κ3) is 8.12. The summed E-state index contributed by atoms with van der Waals surface area (Å²) in [7, 11) is 0. The van der Waals surface area contributed by atoms with Crippen LogP contribution in [0, 0.1) is 11.8 Å². The van der Waals surface area contributed by atoms with E-state index < -0.39 is 23.8 Å². The van der Waals surface area contributed by atoms with Gasteiger partial charge in [-0.25, -0.2) is 0 Å². The number of unbranched alkanes of at least 4 members (excludes halogenated alkanes) is 7.